The van der Waals surface area contributed by atoms with E-state index < -0.39 is 0 Å². The van der Waals surface area contributed by atoms with E-state index in [0.717, 1.165) is 24.2 Å². The number of rotatable bonds is 5. The summed E-state index contributed by atoms with van der Waals surface area (Å²) in [5, 5.41) is 7.06. The van der Waals surface area contributed by atoms with Crippen molar-refractivity contribution in [2.45, 2.75) is 58.7 Å². The molecule has 1 aromatic carbocycles. The van der Waals surface area contributed by atoms with E-state index in [1.54, 1.807) is 0 Å². The minimum Gasteiger partial charge on any atom is -0.314 e. The number of hydrogen-bond acceptors (Lipinski definition) is 2. The zero-order chi connectivity index (χ0) is 13.8. The molecule has 2 N–H and O–H groups in total. The van der Waals surface area contributed by atoms with E-state index in [-0.39, 0.29) is 5.82 Å². The van der Waals surface area contributed by atoms with E-state index in [4.69, 9.17) is 0 Å². The maximum Gasteiger partial charge on any atom is 0.129 e. The Morgan fingerprint density at radius 1 is 1.37 bits per heavy atom. The predicted molar refractivity (Wildman–Crippen MR) is 77.8 cm³/mol. The van der Waals surface area contributed by atoms with Crippen LogP contribution in [0.1, 0.15) is 42.9 Å². The zero-order valence-electron chi connectivity index (χ0n) is 12.2. The molecule has 106 valence electrons. The van der Waals surface area contributed by atoms with Crippen molar-refractivity contribution >= 4 is 0 Å². The Kier molecular flexibility index (Phi) is 4.94. The average molecular weight is 264 g/mol. The predicted octanol–water partition coefficient (Wildman–Crippen LogP) is 3.06. The Morgan fingerprint density at radius 3 is 2.63 bits per heavy atom. The normalized spacial score (nSPS) is 20.7. The first-order valence-corrected chi connectivity index (χ1v) is 7.28. The molecule has 1 aliphatic rings. The minimum absolute atomic E-state index is 0.0769. The quantitative estimate of drug-likeness (QED) is 0.854. The van der Waals surface area contributed by atoms with Gasteiger partial charge in [-0.05, 0) is 63.3 Å². The third kappa shape index (κ3) is 4.02. The minimum atomic E-state index is -0.0769. The molecule has 2 nitrogen and oxygen atoms in total. The molecule has 0 amide bonds. The van der Waals surface area contributed by atoms with E-state index in [1.807, 2.05) is 26.0 Å². The lowest BCUT2D eigenvalue weighted by Gasteiger charge is -2.18. The van der Waals surface area contributed by atoms with Gasteiger partial charge in [-0.15, -0.1) is 0 Å². The number of hydrogen-bond donors (Lipinski definition) is 2. The highest BCUT2D eigenvalue weighted by molar-refractivity contribution is 5.30. The van der Waals surface area contributed by atoms with Crippen LogP contribution in [0.2, 0.25) is 0 Å². The van der Waals surface area contributed by atoms with Crippen molar-refractivity contribution < 1.29 is 4.39 Å². The van der Waals surface area contributed by atoms with Gasteiger partial charge in [0.15, 0.2) is 0 Å². The van der Waals surface area contributed by atoms with E-state index in [9.17, 15) is 4.39 Å². The molecule has 0 radical (unpaired) electrons. The van der Waals surface area contributed by atoms with Crippen LogP contribution < -0.4 is 10.6 Å². The molecule has 1 aliphatic heterocycles. The van der Waals surface area contributed by atoms with Crippen LogP contribution in [-0.4, -0.2) is 18.6 Å². The highest BCUT2D eigenvalue weighted by atomic mass is 19.1. The van der Waals surface area contributed by atoms with Gasteiger partial charge in [0.1, 0.15) is 5.82 Å². The Labute approximate surface area is 115 Å². The lowest BCUT2D eigenvalue weighted by Crippen LogP contribution is -2.33. The van der Waals surface area contributed by atoms with Crippen LogP contribution >= 0.6 is 0 Å². The molecule has 0 bridgehead atoms. The Balaban J connectivity index is 1.84. The fourth-order valence-electron chi connectivity index (χ4n) is 2.90. The molecule has 2 unspecified atom stereocenters. The molecular weight excluding hydrogens is 239 g/mol. The summed E-state index contributed by atoms with van der Waals surface area (Å²) in [5.41, 5.74) is 2.64. The second kappa shape index (κ2) is 6.49. The first kappa shape index (κ1) is 14.5. The van der Waals surface area contributed by atoms with Gasteiger partial charge >= 0.3 is 0 Å². The van der Waals surface area contributed by atoms with Crippen molar-refractivity contribution in [2.75, 3.05) is 6.54 Å². The van der Waals surface area contributed by atoms with Gasteiger partial charge in [0.25, 0.3) is 0 Å². The molecule has 0 aliphatic carbocycles. The summed E-state index contributed by atoms with van der Waals surface area (Å²) in [6.45, 7) is 7.86. The third-order valence-corrected chi connectivity index (χ3v) is 3.95. The summed E-state index contributed by atoms with van der Waals surface area (Å²) >= 11 is 0. The number of halogens is 1. The van der Waals surface area contributed by atoms with Gasteiger partial charge in [0.05, 0.1) is 0 Å². The van der Waals surface area contributed by atoms with Crippen LogP contribution in [0.15, 0.2) is 12.1 Å². The molecule has 0 aromatic heterocycles. The molecule has 2 atom stereocenters. The van der Waals surface area contributed by atoms with Crippen LogP contribution in [-0.2, 0) is 6.54 Å². The average Bonchev–Trinajstić information content (AvgIpc) is 2.86. The molecule has 1 aromatic rings. The van der Waals surface area contributed by atoms with E-state index in [2.05, 4.69) is 17.6 Å². The maximum atomic E-state index is 13.6. The summed E-state index contributed by atoms with van der Waals surface area (Å²) in [4.78, 5) is 0. The molecular formula is C16H25FN2. The smallest absolute Gasteiger partial charge is 0.129 e. The molecule has 1 heterocycles. The van der Waals surface area contributed by atoms with Gasteiger partial charge in [-0.25, -0.2) is 4.39 Å². The molecule has 1 saturated heterocycles. The summed E-state index contributed by atoms with van der Waals surface area (Å²) in [6, 6.07) is 5.03. The van der Waals surface area contributed by atoms with Gasteiger partial charge in [-0.1, -0.05) is 12.1 Å². The second-order valence-corrected chi connectivity index (χ2v) is 5.85. The first-order valence-electron chi connectivity index (χ1n) is 7.28. The van der Waals surface area contributed by atoms with Crippen LogP contribution in [0.25, 0.3) is 0 Å². The summed E-state index contributed by atoms with van der Waals surface area (Å²) in [6.07, 6.45) is 3.76. The lowest BCUT2D eigenvalue weighted by molar-refractivity contribution is 0.439. The van der Waals surface area contributed by atoms with Crippen molar-refractivity contribution in [1.82, 2.24) is 10.6 Å². The van der Waals surface area contributed by atoms with Crippen molar-refractivity contribution in [3.8, 4) is 0 Å². The van der Waals surface area contributed by atoms with Crippen molar-refractivity contribution in [1.29, 1.82) is 0 Å². The van der Waals surface area contributed by atoms with Crippen molar-refractivity contribution in [3.05, 3.63) is 34.6 Å². The topological polar surface area (TPSA) is 24.1 Å². The Hall–Kier alpha value is -0.930. The fourth-order valence-corrected chi connectivity index (χ4v) is 2.90. The standard InChI is InChI=1S/C16H25FN2/c1-11-7-14(8-12(2)16(11)17)10-19-13(3)9-15-5-4-6-18-15/h7-8,13,15,18-19H,4-6,9-10H2,1-3H3. The number of nitrogens with one attached hydrogen (secondary N) is 2. The Morgan fingerprint density at radius 2 is 2.05 bits per heavy atom. The summed E-state index contributed by atoms with van der Waals surface area (Å²) < 4.78 is 13.6. The van der Waals surface area contributed by atoms with Gasteiger partial charge in [0.2, 0.25) is 0 Å². The first-order chi connectivity index (χ1) is 9.06. The summed E-state index contributed by atoms with van der Waals surface area (Å²) in [5.74, 6) is -0.0769. The third-order valence-electron chi connectivity index (χ3n) is 3.95. The van der Waals surface area contributed by atoms with Gasteiger partial charge in [0, 0.05) is 18.6 Å². The van der Waals surface area contributed by atoms with Crippen LogP contribution in [0.3, 0.4) is 0 Å². The summed E-state index contributed by atoms with van der Waals surface area (Å²) in [7, 11) is 0. The van der Waals surface area contributed by atoms with Gasteiger partial charge < -0.3 is 10.6 Å². The largest absolute Gasteiger partial charge is 0.314 e. The van der Waals surface area contributed by atoms with Crippen molar-refractivity contribution in [3.63, 3.8) is 0 Å². The molecule has 0 spiro atoms. The van der Waals surface area contributed by atoms with Gasteiger partial charge in [-0.3, -0.25) is 0 Å². The highest BCUT2D eigenvalue weighted by Crippen LogP contribution is 2.15. The zero-order valence-corrected chi connectivity index (χ0v) is 12.2. The SMILES string of the molecule is Cc1cc(CNC(C)CC2CCCN2)cc(C)c1F. The number of benzene rings is 1. The van der Waals surface area contributed by atoms with Gasteiger partial charge in [-0.2, -0.15) is 0 Å². The van der Waals surface area contributed by atoms with E-state index in [1.165, 1.54) is 24.8 Å². The Bertz CT molecular complexity index is 402. The van der Waals surface area contributed by atoms with Crippen molar-refractivity contribution in [2.24, 2.45) is 0 Å². The fraction of sp³-hybridized carbons (Fsp3) is 0.625. The second-order valence-electron chi connectivity index (χ2n) is 5.85. The molecule has 0 saturated carbocycles. The highest BCUT2D eigenvalue weighted by Gasteiger charge is 2.16. The molecule has 19 heavy (non-hydrogen) atoms. The molecule has 2 rings (SSSR count). The van der Waals surface area contributed by atoms with Crippen LogP contribution in [0, 0.1) is 19.7 Å². The van der Waals surface area contributed by atoms with E-state index in [0.29, 0.717) is 12.1 Å². The van der Waals surface area contributed by atoms with Crippen LogP contribution in [0.4, 0.5) is 4.39 Å². The monoisotopic (exact) mass is 264 g/mol. The number of aryl methyl sites for hydroxylation is 2. The molecule has 1 fully saturated rings. The van der Waals surface area contributed by atoms with E-state index >= 15 is 0 Å². The molecule has 3 heteroatoms. The van der Waals surface area contributed by atoms with Crippen LogP contribution in [0.5, 0.6) is 0 Å². The maximum absolute atomic E-state index is 13.6. The lowest BCUT2D eigenvalue weighted by atomic mass is 10.0.